The maximum absolute atomic E-state index is 12.1. The molecule has 1 amide bonds. The number of piperidine rings is 1. The van der Waals surface area contributed by atoms with Gasteiger partial charge in [0.1, 0.15) is 0 Å². The third-order valence-corrected chi connectivity index (χ3v) is 4.44. The summed E-state index contributed by atoms with van der Waals surface area (Å²) in [6.07, 6.45) is 6.92. The van der Waals surface area contributed by atoms with Crippen molar-refractivity contribution in [1.29, 1.82) is 0 Å². The Morgan fingerprint density at radius 3 is 2.45 bits per heavy atom. The lowest BCUT2D eigenvalue weighted by molar-refractivity contribution is -0.128. The fourth-order valence-corrected chi connectivity index (χ4v) is 3.35. The molecule has 2 rings (SSSR count). The van der Waals surface area contributed by atoms with Crippen LogP contribution >= 0.6 is 0 Å². The van der Waals surface area contributed by atoms with Crippen molar-refractivity contribution in [2.45, 2.75) is 38.7 Å². The Morgan fingerprint density at radius 1 is 1.30 bits per heavy atom. The summed E-state index contributed by atoms with van der Waals surface area (Å²) in [5, 5.41) is 0. The van der Waals surface area contributed by atoms with E-state index in [-0.39, 0.29) is 11.5 Å². The molecular formula is C16H28N2O2. The minimum absolute atomic E-state index is 0.0117. The molecule has 2 fully saturated rings. The lowest BCUT2D eigenvalue weighted by Gasteiger charge is -2.38. The molecule has 2 aliphatic heterocycles. The second-order valence-corrected chi connectivity index (χ2v) is 7.22. The van der Waals surface area contributed by atoms with E-state index in [9.17, 15) is 4.79 Å². The largest absolute Gasteiger partial charge is 0.375 e. The van der Waals surface area contributed by atoms with Crippen LogP contribution in [0.25, 0.3) is 0 Å². The van der Waals surface area contributed by atoms with E-state index in [0.717, 1.165) is 45.5 Å². The third kappa shape index (κ3) is 3.83. The zero-order chi connectivity index (χ0) is 14.8. The lowest BCUT2D eigenvalue weighted by Crippen LogP contribution is -2.43. The molecular weight excluding hydrogens is 252 g/mol. The van der Waals surface area contributed by atoms with Crippen molar-refractivity contribution in [3.05, 3.63) is 12.2 Å². The molecule has 0 atom stereocenters. The van der Waals surface area contributed by atoms with Gasteiger partial charge in [0.15, 0.2) is 0 Å². The zero-order valence-electron chi connectivity index (χ0n) is 13.3. The molecule has 4 nitrogen and oxygen atoms in total. The molecule has 20 heavy (non-hydrogen) atoms. The van der Waals surface area contributed by atoms with E-state index < -0.39 is 0 Å². The van der Waals surface area contributed by atoms with Crippen molar-refractivity contribution in [2.75, 3.05) is 40.3 Å². The first-order chi connectivity index (χ1) is 9.32. The molecule has 1 spiro atoms. The quantitative estimate of drug-likeness (QED) is 0.740. The van der Waals surface area contributed by atoms with Gasteiger partial charge in [-0.25, -0.2) is 0 Å². The summed E-state index contributed by atoms with van der Waals surface area (Å²) in [6.45, 7) is 7.74. The number of likely N-dealkylation sites (N-methyl/N-ethyl adjacent to an activating group) is 1. The summed E-state index contributed by atoms with van der Waals surface area (Å²) in [5.41, 5.74) is 0.325. The number of rotatable bonds is 3. The van der Waals surface area contributed by atoms with Crippen molar-refractivity contribution < 1.29 is 9.53 Å². The third-order valence-electron chi connectivity index (χ3n) is 4.44. The molecule has 0 bridgehead atoms. The van der Waals surface area contributed by atoms with Crippen LogP contribution in [0.1, 0.15) is 33.1 Å². The highest BCUT2D eigenvalue weighted by atomic mass is 16.5. The van der Waals surface area contributed by atoms with E-state index in [1.165, 1.54) is 0 Å². The first kappa shape index (κ1) is 15.5. The van der Waals surface area contributed by atoms with Crippen molar-refractivity contribution in [1.82, 2.24) is 9.80 Å². The van der Waals surface area contributed by atoms with Crippen LogP contribution in [-0.2, 0) is 9.53 Å². The molecule has 0 aromatic heterocycles. The summed E-state index contributed by atoms with van der Waals surface area (Å²) < 4.78 is 5.90. The average Bonchev–Trinajstić information content (AvgIpc) is 2.65. The lowest BCUT2D eigenvalue weighted by atomic mass is 9.74. The Hall–Kier alpha value is -0.870. The number of carbonyl (C=O) groups is 1. The first-order valence-electron chi connectivity index (χ1n) is 7.56. The van der Waals surface area contributed by atoms with Crippen LogP contribution in [-0.4, -0.2) is 61.6 Å². The smallest absolute Gasteiger partial charge is 0.246 e. The van der Waals surface area contributed by atoms with Gasteiger partial charge in [-0.1, -0.05) is 6.08 Å². The molecule has 2 aliphatic rings. The molecule has 0 aromatic rings. The fraction of sp³-hybridized carbons (Fsp3) is 0.812. The molecule has 0 unspecified atom stereocenters. The highest BCUT2D eigenvalue weighted by Gasteiger charge is 2.46. The monoisotopic (exact) mass is 280 g/mol. The molecule has 114 valence electrons. The number of amides is 1. The predicted molar refractivity (Wildman–Crippen MR) is 80.6 cm³/mol. The SMILES string of the molecule is CN(C)C/C=C/C(=O)N1CCC2(CC1)COC(C)(C)C2. The second-order valence-electron chi connectivity index (χ2n) is 7.22. The molecule has 0 aliphatic carbocycles. The maximum Gasteiger partial charge on any atom is 0.246 e. The van der Waals surface area contributed by atoms with Crippen LogP contribution in [0.4, 0.5) is 0 Å². The van der Waals surface area contributed by atoms with Crippen LogP contribution in [0, 0.1) is 5.41 Å². The van der Waals surface area contributed by atoms with Gasteiger partial charge in [-0.05, 0) is 52.6 Å². The van der Waals surface area contributed by atoms with E-state index >= 15 is 0 Å². The van der Waals surface area contributed by atoms with Crippen molar-refractivity contribution >= 4 is 5.91 Å². The highest BCUT2D eigenvalue weighted by Crippen LogP contribution is 2.46. The van der Waals surface area contributed by atoms with Gasteiger partial charge in [0.25, 0.3) is 0 Å². The summed E-state index contributed by atoms with van der Waals surface area (Å²) >= 11 is 0. The molecule has 2 saturated heterocycles. The summed E-state index contributed by atoms with van der Waals surface area (Å²) in [5.74, 6) is 0.153. The zero-order valence-corrected chi connectivity index (χ0v) is 13.3. The average molecular weight is 280 g/mol. The van der Waals surface area contributed by atoms with Crippen molar-refractivity contribution in [2.24, 2.45) is 5.41 Å². The number of hydrogen-bond acceptors (Lipinski definition) is 3. The molecule has 0 saturated carbocycles. The molecule has 0 N–H and O–H groups in total. The van der Waals surface area contributed by atoms with E-state index in [0.29, 0.717) is 5.41 Å². The summed E-state index contributed by atoms with van der Waals surface area (Å²) in [7, 11) is 4.00. The van der Waals surface area contributed by atoms with Gasteiger partial charge in [0, 0.05) is 25.7 Å². The fourth-order valence-electron chi connectivity index (χ4n) is 3.35. The van der Waals surface area contributed by atoms with Crippen LogP contribution in [0.3, 0.4) is 0 Å². The van der Waals surface area contributed by atoms with Gasteiger partial charge in [-0.2, -0.15) is 0 Å². The minimum atomic E-state index is 0.0117. The van der Waals surface area contributed by atoms with Crippen LogP contribution in [0.2, 0.25) is 0 Å². The number of ether oxygens (including phenoxy) is 1. The normalized spacial score (nSPS) is 24.9. The maximum atomic E-state index is 12.1. The first-order valence-corrected chi connectivity index (χ1v) is 7.56. The van der Waals surface area contributed by atoms with E-state index in [1.54, 1.807) is 6.08 Å². The molecule has 0 aromatic carbocycles. The molecule has 0 radical (unpaired) electrons. The molecule has 4 heteroatoms. The Balaban J connectivity index is 1.82. The Kier molecular flexibility index (Phi) is 4.55. The van der Waals surface area contributed by atoms with Crippen LogP contribution in [0.15, 0.2) is 12.2 Å². The molecule has 2 heterocycles. The second kappa shape index (κ2) is 5.86. The van der Waals surface area contributed by atoms with Gasteiger partial charge in [0.2, 0.25) is 5.91 Å². The van der Waals surface area contributed by atoms with Gasteiger partial charge in [-0.3, -0.25) is 4.79 Å². The standard InChI is InChI=1S/C16H28N2O2/c1-15(2)12-16(13-20-15)7-10-18(11-8-16)14(19)6-5-9-17(3)4/h5-6H,7-13H2,1-4H3/b6-5+. The Morgan fingerprint density at radius 2 is 1.95 bits per heavy atom. The number of carbonyl (C=O) groups excluding carboxylic acids is 1. The van der Waals surface area contributed by atoms with Gasteiger partial charge < -0.3 is 14.5 Å². The number of likely N-dealkylation sites (tertiary alicyclic amines) is 1. The van der Waals surface area contributed by atoms with Gasteiger partial charge in [0.05, 0.1) is 12.2 Å². The highest BCUT2D eigenvalue weighted by molar-refractivity contribution is 5.87. The van der Waals surface area contributed by atoms with Gasteiger partial charge >= 0.3 is 0 Å². The Labute approximate surface area is 122 Å². The van der Waals surface area contributed by atoms with E-state index in [2.05, 4.69) is 13.8 Å². The summed E-state index contributed by atoms with van der Waals surface area (Å²) in [4.78, 5) is 16.1. The topological polar surface area (TPSA) is 32.8 Å². The summed E-state index contributed by atoms with van der Waals surface area (Å²) in [6, 6.07) is 0. The number of nitrogens with zero attached hydrogens (tertiary/aromatic N) is 2. The van der Waals surface area contributed by atoms with Crippen molar-refractivity contribution in [3.8, 4) is 0 Å². The van der Waals surface area contributed by atoms with Gasteiger partial charge in [-0.15, -0.1) is 0 Å². The van der Waals surface area contributed by atoms with Crippen LogP contribution < -0.4 is 0 Å². The van der Waals surface area contributed by atoms with E-state index in [4.69, 9.17) is 4.74 Å². The van der Waals surface area contributed by atoms with Crippen LogP contribution in [0.5, 0.6) is 0 Å². The number of hydrogen-bond donors (Lipinski definition) is 0. The minimum Gasteiger partial charge on any atom is -0.375 e. The Bertz CT molecular complexity index is 380. The van der Waals surface area contributed by atoms with E-state index in [1.807, 2.05) is 30.0 Å². The van der Waals surface area contributed by atoms with Crippen molar-refractivity contribution in [3.63, 3.8) is 0 Å². The predicted octanol–water partition coefficient (Wildman–Crippen LogP) is 1.91.